The number of aromatic nitrogens is 1. The highest BCUT2D eigenvalue weighted by atomic mass is 79.9. The molecule has 0 aliphatic carbocycles. The molecule has 1 aromatic carbocycles. The summed E-state index contributed by atoms with van der Waals surface area (Å²) >= 11 is 9.26. The maximum absolute atomic E-state index is 10.8. The fraction of sp³-hybridized carbons (Fsp3) is 0.154. The smallest absolute Gasteiger partial charge is 0.288 e. The van der Waals surface area contributed by atoms with Crippen LogP contribution in [0.1, 0.15) is 11.1 Å². The Morgan fingerprint density at radius 3 is 2.80 bits per heavy atom. The first-order chi connectivity index (χ1) is 9.47. The van der Waals surface area contributed by atoms with Crippen molar-refractivity contribution in [1.29, 1.82) is 0 Å². The summed E-state index contributed by atoms with van der Waals surface area (Å²) in [4.78, 5) is 14.4. The molecule has 0 saturated heterocycles. The molecular formula is C13H11BrClN3O2. The SMILES string of the molecule is Cc1cc([N+](=O)[O-])c(Cl)cc1NCc1cncc(Br)c1. The lowest BCUT2D eigenvalue weighted by Crippen LogP contribution is -2.02. The molecule has 0 fully saturated rings. The van der Waals surface area contributed by atoms with Gasteiger partial charge in [-0.25, -0.2) is 0 Å². The van der Waals surface area contributed by atoms with Gasteiger partial charge in [0.05, 0.1) is 4.92 Å². The van der Waals surface area contributed by atoms with Gasteiger partial charge in [0.25, 0.3) is 5.69 Å². The van der Waals surface area contributed by atoms with E-state index < -0.39 is 4.92 Å². The number of nitrogens with one attached hydrogen (secondary N) is 1. The molecule has 1 N–H and O–H groups in total. The minimum atomic E-state index is -0.489. The molecule has 0 aliphatic rings. The molecule has 1 heterocycles. The minimum Gasteiger partial charge on any atom is -0.381 e. The van der Waals surface area contributed by atoms with Crippen molar-refractivity contribution < 1.29 is 4.92 Å². The quantitative estimate of drug-likeness (QED) is 0.654. The summed E-state index contributed by atoms with van der Waals surface area (Å²) in [6.07, 6.45) is 3.46. The van der Waals surface area contributed by atoms with Crippen LogP contribution < -0.4 is 5.32 Å². The van der Waals surface area contributed by atoms with Gasteiger partial charge in [0.2, 0.25) is 0 Å². The first-order valence-electron chi connectivity index (χ1n) is 5.75. The van der Waals surface area contributed by atoms with E-state index >= 15 is 0 Å². The van der Waals surface area contributed by atoms with Crippen LogP contribution in [0.4, 0.5) is 11.4 Å². The summed E-state index contributed by atoms with van der Waals surface area (Å²) in [6, 6.07) is 4.98. The third kappa shape index (κ3) is 3.46. The molecule has 1 aromatic heterocycles. The lowest BCUT2D eigenvalue weighted by molar-refractivity contribution is -0.384. The van der Waals surface area contributed by atoms with Gasteiger partial charge < -0.3 is 5.32 Å². The number of benzene rings is 1. The molecule has 5 nitrogen and oxygen atoms in total. The maximum Gasteiger partial charge on any atom is 0.288 e. The van der Waals surface area contributed by atoms with Crippen LogP contribution in [0.15, 0.2) is 35.1 Å². The van der Waals surface area contributed by atoms with Crippen LogP contribution in [0.3, 0.4) is 0 Å². The third-order valence-electron chi connectivity index (χ3n) is 2.73. The van der Waals surface area contributed by atoms with Crippen molar-refractivity contribution in [2.24, 2.45) is 0 Å². The van der Waals surface area contributed by atoms with Crippen LogP contribution in [0.2, 0.25) is 5.02 Å². The summed E-state index contributed by atoms with van der Waals surface area (Å²) in [7, 11) is 0. The first kappa shape index (κ1) is 14.7. The number of nitro groups is 1. The molecular weight excluding hydrogens is 346 g/mol. The van der Waals surface area contributed by atoms with Gasteiger partial charge in [0, 0.05) is 35.2 Å². The number of anilines is 1. The van der Waals surface area contributed by atoms with E-state index in [1.165, 1.54) is 6.07 Å². The Bertz CT molecular complexity index is 664. The molecule has 0 spiro atoms. The van der Waals surface area contributed by atoms with Gasteiger partial charge in [-0.2, -0.15) is 0 Å². The van der Waals surface area contributed by atoms with Gasteiger partial charge in [-0.3, -0.25) is 15.1 Å². The monoisotopic (exact) mass is 355 g/mol. The number of aryl methyl sites for hydroxylation is 1. The van der Waals surface area contributed by atoms with Gasteiger partial charge in [-0.05, 0) is 46.1 Å². The minimum absolute atomic E-state index is 0.0844. The van der Waals surface area contributed by atoms with E-state index in [1.807, 2.05) is 6.07 Å². The fourth-order valence-corrected chi connectivity index (χ4v) is 2.39. The second kappa shape index (κ2) is 6.19. The van der Waals surface area contributed by atoms with Gasteiger partial charge in [0.1, 0.15) is 5.02 Å². The highest BCUT2D eigenvalue weighted by Crippen LogP contribution is 2.30. The van der Waals surface area contributed by atoms with Crippen molar-refractivity contribution in [3.05, 3.63) is 61.3 Å². The summed E-state index contributed by atoms with van der Waals surface area (Å²) in [5.41, 5.74) is 2.44. The molecule has 7 heteroatoms. The van der Waals surface area contributed by atoms with E-state index in [4.69, 9.17) is 11.6 Å². The highest BCUT2D eigenvalue weighted by Gasteiger charge is 2.14. The Morgan fingerprint density at radius 2 is 2.15 bits per heavy atom. The highest BCUT2D eigenvalue weighted by molar-refractivity contribution is 9.10. The van der Waals surface area contributed by atoms with Crippen LogP contribution in [-0.4, -0.2) is 9.91 Å². The predicted molar refractivity (Wildman–Crippen MR) is 82.1 cm³/mol. The van der Waals surface area contributed by atoms with Crippen LogP contribution in [-0.2, 0) is 6.54 Å². The molecule has 0 aliphatic heterocycles. The summed E-state index contributed by atoms with van der Waals surface area (Å²) in [5.74, 6) is 0. The van der Waals surface area contributed by atoms with Crippen molar-refractivity contribution in [2.45, 2.75) is 13.5 Å². The Hall–Kier alpha value is -1.66. The normalized spacial score (nSPS) is 10.3. The second-order valence-electron chi connectivity index (χ2n) is 4.24. The summed E-state index contributed by atoms with van der Waals surface area (Å²) in [5, 5.41) is 14.1. The number of hydrogen-bond acceptors (Lipinski definition) is 4. The molecule has 2 aromatic rings. The van der Waals surface area contributed by atoms with Crippen LogP contribution in [0.5, 0.6) is 0 Å². The van der Waals surface area contributed by atoms with E-state index in [9.17, 15) is 10.1 Å². The average molecular weight is 357 g/mol. The molecule has 104 valence electrons. The zero-order valence-electron chi connectivity index (χ0n) is 10.6. The van der Waals surface area contributed by atoms with Gasteiger partial charge >= 0.3 is 0 Å². The molecule has 2 rings (SSSR count). The largest absolute Gasteiger partial charge is 0.381 e. The zero-order chi connectivity index (χ0) is 14.7. The Labute approximate surface area is 129 Å². The van der Waals surface area contributed by atoms with E-state index in [-0.39, 0.29) is 10.7 Å². The summed E-state index contributed by atoms with van der Waals surface area (Å²) < 4.78 is 0.898. The van der Waals surface area contributed by atoms with E-state index in [0.717, 1.165) is 21.3 Å². The topological polar surface area (TPSA) is 68.1 Å². The Morgan fingerprint density at radius 1 is 1.40 bits per heavy atom. The number of pyridine rings is 1. The van der Waals surface area contributed by atoms with Crippen molar-refractivity contribution >= 4 is 38.9 Å². The first-order valence-corrected chi connectivity index (χ1v) is 6.92. The molecule has 0 saturated carbocycles. The molecule has 20 heavy (non-hydrogen) atoms. The Balaban J connectivity index is 2.18. The number of hydrogen-bond donors (Lipinski definition) is 1. The molecule has 0 bridgehead atoms. The molecule has 0 atom stereocenters. The summed E-state index contributed by atoms with van der Waals surface area (Å²) in [6.45, 7) is 2.35. The molecule has 0 amide bonds. The second-order valence-corrected chi connectivity index (χ2v) is 5.56. The number of nitro benzene ring substituents is 1. The van der Waals surface area contributed by atoms with Crippen molar-refractivity contribution in [2.75, 3.05) is 5.32 Å². The average Bonchev–Trinajstić information content (AvgIpc) is 2.39. The number of rotatable bonds is 4. The fourth-order valence-electron chi connectivity index (χ4n) is 1.75. The lowest BCUT2D eigenvalue weighted by atomic mass is 10.1. The van der Waals surface area contributed by atoms with Gasteiger partial charge in [-0.15, -0.1) is 0 Å². The van der Waals surface area contributed by atoms with Crippen LogP contribution in [0.25, 0.3) is 0 Å². The van der Waals surface area contributed by atoms with E-state index in [2.05, 4.69) is 26.2 Å². The third-order valence-corrected chi connectivity index (χ3v) is 3.47. The standard InChI is InChI=1S/C13H11BrClN3O2/c1-8-2-13(18(19)20)11(15)4-12(8)17-6-9-3-10(14)7-16-5-9/h2-5,7,17H,6H2,1H3. The number of nitrogens with zero attached hydrogens (tertiary/aromatic N) is 2. The maximum atomic E-state index is 10.8. The number of halogens is 2. The van der Waals surface area contributed by atoms with Crippen molar-refractivity contribution in [3.63, 3.8) is 0 Å². The lowest BCUT2D eigenvalue weighted by Gasteiger charge is -2.10. The molecule has 0 radical (unpaired) electrons. The van der Waals surface area contributed by atoms with Crippen molar-refractivity contribution in [3.8, 4) is 0 Å². The molecule has 0 unspecified atom stereocenters. The van der Waals surface area contributed by atoms with Crippen LogP contribution >= 0.6 is 27.5 Å². The predicted octanol–water partition coefficient (Wildman–Crippen LogP) is 4.33. The van der Waals surface area contributed by atoms with Gasteiger partial charge in [-0.1, -0.05) is 11.6 Å². The van der Waals surface area contributed by atoms with Gasteiger partial charge in [0.15, 0.2) is 0 Å². The van der Waals surface area contributed by atoms with E-state index in [1.54, 1.807) is 25.4 Å². The Kier molecular flexibility index (Phi) is 4.57. The van der Waals surface area contributed by atoms with E-state index in [0.29, 0.717) is 6.54 Å². The zero-order valence-corrected chi connectivity index (χ0v) is 12.9. The van der Waals surface area contributed by atoms with Crippen molar-refractivity contribution in [1.82, 2.24) is 4.98 Å². The van der Waals surface area contributed by atoms with Crippen LogP contribution in [0, 0.1) is 17.0 Å².